The second-order valence-corrected chi connectivity index (χ2v) is 4.41. The fourth-order valence-corrected chi connectivity index (χ4v) is 1.72. The topological polar surface area (TPSA) is 35.5 Å². The van der Waals surface area contributed by atoms with Gasteiger partial charge in [-0.15, -0.1) is 26.3 Å². The van der Waals surface area contributed by atoms with Crippen LogP contribution in [0.25, 0.3) is 0 Å². The van der Waals surface area contributed by atoms with Crippen LogP contribution in [0.1, 0.15) is 16.8 Å². The van der Waals surface area contributed by atoms with Crippen LogP contribution >= 0.6 is 15.9 Å². The molecule has 0 saturated heterocycles. The first-order valence-electron chi connectivity index (χ1n) is 5.26. The Kier molecular flexibility index (Phi) is 5.48. The Labute approximate surface area is 123 Å². The molecule has 1 aromatic rings. The van der Waals surface area contributed by atoms with Crippen LogP contribution < -0.4 is 9.47 Å². The van der Waals surface area contributed by atoms with Gasteiger partial charge in [0.15, 0.2) is 5.78 Å². The van der Waals surface area contributed by atoms with E-state index >= 15 is 0 Å². The molecule has 1 rings (SSSR count). The van der Waals surface area contributed by atoms with Gasteiger partial charge in [-0.05, 0) is 18.2 Å². The fourth-order valence-electron chi connectivity index (χ4n) is 1.36. The van der Waals surface area contributed by atoms with Gasteiger partial charge in [0.05, 0.1) is 5.56 Å². The normalized spacial score (nSPS) is 12.1. The number of carbonyl (C=O) groups excluding carboxylic acids is 1. The number of rotatable bonds is 5. The molecule has 0 saturated carbocycles. The summed E-state index contributed by atoms with van der Waals surface area (Å²) in [5.74, 6) is -2.52. The molecule has 0 heterocycles. The molecule has 0 spiro atoms. The average molecular weight is 381 g/mol. The van der Waals surface area contributed by atoms with E-state index in [4.69, 9.17) is 0 Å². The van der Waals surface area contributed by atoms with Gasteiger partial charge >= 0.3 is 12.7 Å². The summed E-state index contributed by atoms with van der Waals surface area (Å²) in [6.45, 7) is 0. The summed E-state index contributed by atoms with van der Waals surface area (Å²) in [6.07, 6.45) is -10.3. The SMILES string of the molecule is O=C(CCBr)c1cc(OC(F)(F)F)ccc1OC(F)(F)F. The molecule has 0 aliphatic heterocycles. The molecule has 0 aliphatic carbocycles. The maximum absolute atomic E-state index is 12.2. The summed E-state index contributed by atoms with van der Waals surface area (Å²) >= 11 is 2.91. The van der Waals surface area contributed by atoms with Gasteiger partial charge in [-0.2, -0.15) is 0 Å². The van der Waals surface area contributed by atoms with E-state index in [1.165, 1.54) is 0 Å². The fraction of sp³-hybridized carbons (Fsp3) is 0.364. The lowest BCUT2D eigenvalue weighted by Gasteiger charge is -2.15. The zero-order valence-corrected chi connectivity index (χ0v) is 11.6. The van der Waals surface area contributed by atoms with Crippen LogP contribution in [-0.2, 0) is 0 Å². The van der Waals surface area contributed by atoms with Crippen molar-refractivity contribution in [3.8, 4) is 11.5 Å². The Balaban J connectivity index is 3.16. The Morgan fingerprint density at radius 1 is 1.05 bits per heavy atom. The molecule has 0 N–H and O–H groups in total. The van der Waals surface area contributed by atoms with E-state index in [9.17, 15) is 31.1 Å². The third-order valence-corrected chi connectivity index (χ3v) is 2.43. The molecule has 0 bridgehead atoms. The van der Waals surface area contributed by atoms with Crippen molar-refractivity contribution < 1.29 is 40.6 Å². The number of alkyl halides is 7. The summed E-state index contributed by atoms with van der Waals surface area (Å²) in [5.41, 5.74) is -0.645. The van der Waals surface area contributed by atoms with Crippen LogP contribution in [0.3, 0.4) is 0 Å². The largest absolute Gasteiger partial charge is 0.573 e. The lowest BCUT2D eigenvalue weighted by atomic mass is 10.1. The molecule has 0 radical (unpaired) electrons. The number of hydrogen-bond acceptors (Lipinski definition) is 3. The molecule has 0 amide bonds. The summed E-state index contributed by atoms with van der Waals surface area (Å²) < 4.78 is 79.9. The van der Waals surface area contributed by atoms with E-state index < -0.39 is 35.6 Å². The van der Waals surface area contributed by atoms with Crippen molar-refractivity contribution in [1.29, 1.82) is 0 Å². The Morgan fingerprint density at radius 3 is 2.10 bits per heavy atom. The van der Waals surface area contributed by atoms with E-state index in [1.807, 2.05) is 0 Å². The molecule has 0 aliphatic rings. The molecule has 118 valence electrons. The number of benzene rings is 1. The molecule has 21 heavy (non-hydrogen) atoms. The number of ether oxygens (including phenoxy) is 2. The van der Waals surface area contributed by atoms with E-state index in [-0.39, 0.29) is 11.8 Å². The molecular formula is C11H7BrF6O3. The first-order valence-corrected chi connectivity index (χ1v) is 6.38. The third kappa shape index (κ3) is 6.23. The highest BCUT2D eigenvalue weighted by Gasteiger charge is 2.34. The highest BCUT2D eigenvalue weighted by Crippen LogP contribution is 2.32. The van der Waals surface area contributed by atoms with E-state index in [0.29, 0.717) is 18.2 Å². The molecule has 10 heteroatoms. The highest BCUT2D eigenvalue weighted by molar-refractivity contribution is 9.09. The van der Waals surface area contributed by atoms with Gasteiger partial charge in [-0.3, -0.25) is 4.79 Å². The number of ketones is 1. The van der Waals surface area contributed by atoms with Crippen LogP contribution in [0, 0.1) is 0 Å². The lowest BCUT2D eigenvalue weighted by molar-refractivity contribution is -0.277. The molecule has 0 aromatic heterocycles. The molecule has 0 atom stereocenters. The van der Waals surface area contributed by atoms with Crippen LogP contribution in [0.2, 0.25) is 0 Å². The quantitative estimate of drug-likeness (QED) is 0.430. The summed E-state index contributed by atoms with van der Waals surface area (Å²) in [4.78, 5) is 11.7. The van der Waals surface area contributed by atoms with Crippen molar-refractivity contribution >= 4 is 21.7 Å². The van der Waals surface area contributed by atoms with Gasteiger partial charge in [0, 0.05) is 11.8 Å². The number of hydrogen-bond donors (Lipinski definition) is 0. The van der Waals surface area contributed by atoms with Gasteiger partial charge < -0.3 is 9.47 Å². The van der Waals surface area contributed by atoms with Gasteiger partial charge in [0.25, 0.3) is 0 Å². The van der Waals surface area contributed by atoms with Crippen molar-refractivity contribution in [2.24, 2.45) is 0 Å². The van der Waals surface area contributed by atoms with Gasteiger partial charge in [-0.25, -0.2) is 0 Å². The molecule has 1 aromatic carbocycles. The standard InChI is InChI=1S/C11H7BrF6O3/c12-4-3-8(19)7-5-6(20-10(13,14)15)1-2-9(7)21-11(16,17)18/h1-2,5H,3-4H2. The van der Waals surface area contributed by atoms with Crippen LogP contribution in [-0.4, -0.2) is 23.8 Å². The average Bonchev–Trinajstić information content (AvgIpc) is 2.27. The second kappa shape index (κ2) is 6.54. The number of Topliss-reactive ketones (excluding diaryl/α,β-unsaturated/α-hetero) is 1. The maximum atomic E-state index is 12.2. The summed E-state index contributed by atoms with van der Waals surface area (Å²) in [5, 5.41) is 0.127. The predicted molar refractivity (Wildman–Crippen MR) is 62.5 cm³/mol. The number of halogens is 7. The van der Waals surface area contributed by atoms with Gasteiger partial charge in [0.1, 0.15) is 11.5 Å². The highest BCUT2D eigenvalue weighted by atomic mass is 79.9. The van der Waals surface area contributed by atoms with Crippen LogP contribution in [0.5, 0.6) is 11.5 Å². The molecular weight excluding hydrogens is 374 g/mol. The minimum Gasteiger partial charge on any atom is -0.406 e. The van der Waals surface area contributed by atoms with Crippen molar-refractivity contribution in [1.82, 2.24) is 0 Å². The number of carbonyl (C=O) groups is 1. The Morgan fingerprint density at radius 2 is 1.62 bits per heavy atom. The Bertz CT molecular complexity index is 512. The zero-order chi connectivity index (χ0) is 16.3. The molecule has 3 nitrogen and oxygen atoms in total. The second-order valence-electron chi connectivity index (χ2n) is 3.62. The smallest absolute Gasteiger partial charge is 0.406 e. The Hall–Kier alpha value is -1.45. The van der Waals surface area contributed by atoms with Crippen molar-refractivity contribution in [3.05, 3.63) is 23.8 Å². The third-order valence-electron chi connectivity index (χ3n) is 2.03. The minimum absolute atomic E-state index is 0.127. The van der Waals surface area contributed by atoms with Crippen molar-refractivity contribution in [2.45, 2.75) is 19.1 Å². The summed E-state index contributed by atoms with van der Waals surface area (Å²) in [6, 6.07) is 1.77. The first kappa shape index (κ1) is 17.6. The van der Waals surface area contributed by atoms with Crippen LogP contribution in [0.4, 0.5) is 26.3 Å². The van der Waals surface area contributed by atoms with Crippen molar-refractivity contribution in [3.63, 3.8) is 0 Å². The monoisotopic (exact) mass is 380 g/mol. The van der Waals surface area contributed by atoms with Gasteiger partial charge in [-0.1, -0.05) is 15.9 Å². The van der Waals surface area contributed by atoms with Crippen LogP contribution in [0.15, 0.2) is 18.2 Å². The lowest BCUT2D eigenvalue weighted by Crippen LogP contribution is -2.20. The van der Waals surface area contributed by atoms with E-state index in [2.05, 4.69) is 25.4 Å². The zero-order valence-electron chi connectivity index (χ0n) is 10.0. The summed E-state index contributed by atoms with van der Waals surface area (Å²) in [7, 11) is 0. The molecule has 0 fully saturated rings. The van der Waals surface area contributed by atoms with E-state index in [0.717, 1.165) is 0 Å². The first-order chi connectivity index (χ1) is 9.52. The van der Waals surface area contributed by atoms with E-state index in [1.54, 1.807) is 0 Å². The van der Waals surface area contributed by atoms with Gasteiger partial charge in [0.2, 0.25) is 0 Å². The van der Waals surface area contributed by atoms with Crippen molar-refractivity contribution in [2.75, 3.05) is 5.33 Å². The predicted octanol–water partition coefficient (Wildman–Crippen LogP) is 4.45. The maximum Gasteiger partial charge on any atom is 0.573 e. The minimum atomic E-state index is -5.07. The molecule has 0 unspecified atom stereocenters.